The van der Waals surface area contributed by atoms with Crippen LogP contribution >= 0.6 is 11.3 Å². The van der Waals surface area contributed by atoms with Crippen LogP contribution in [0.15, 0.2) is 11.6 Å². The zero-order valence-electron chi connectivity index (χ0n) is 13.8. The molecule has 0 aliphatic carbocycles. The van der Waals surface area contributed by atoms with E-state index in [1.165, 1.54) is 0 Å². The third-order valence-corrected chi connectivity index (χ3v) is 3.87. The van der Waals surface area contributed by atoms with Gasteiger partial charge in [-0.25, -0.2) is 4.98 Å². The van der Waals surface area contributed by atoms with E-state index in [0.717, 1.165) is 23.0 Å². The third kappa shape index (κ3) is 4.18. The Hall–Kier alpha value is -1.11. The van der Waals surface area contributed by atoms with Crippen LogP contribution in [-0.4, -0.2) is 39.2 Å². The van der Waals surface area contributed by atoms with Crippen molar-refractivity contribution in [1.29, 1.82) is 0 Å². The fourth-order valence-corrected chi connectivity index (χ4v) is 3.02. The molecule has 0 saturated heterocycles. The number of imidazole rings is 1. The maximum absolute atomic E-state index is 10.0. The van der Waals surface area contributed by atoms with Crippen LogP contribution in [0.2, 0.25) is 0 Å². The van der Waals surface area contributed by atoms with E-state index in [9.17, 15) is 5.11 Å². The molecule has 0 aliphatic heterocycles. The van der Waals surface area contributed by atoms with Crippen molar-refractivity contribution in [3.63, 3.8) is 0 Å². The molecule has 2 heterocycles. The monoisotopic (exact) mass is 310 g/mol. The lowest BCUT2D eigenvalue weighted by Gasteiger charge is -2.27. The molecule has 5 nitrogen and oxygen atoms in total. The molecule has 0 atom stereocenters. The minimum atomic E-state index is -0.749. The van der Waals surface area contributed by atoms with E-state index in [4.69, 9.17) is 4.98 Å². The Bertz CT molecular complexity index is 603. The zero-order valence-corrected chi connectivity index (χ0v) is 14.6. The molecule has 2 aromatic heterocycles. The maximum Gasteiger partial charge on any atom is 0.195 e. The number of aromatic nitrogens is 2. The van der Waals surface area contributed by atoms with Gasteiger partial charge in [0.2, 0.25) is 0 Å². The number of thiazole rings is 1. The van der Waals surface area contributed by atoms with Gasteiger partial charge in [-0.1, -0.05) is 0 Å². The van der Waals surface area contributed by atoms with Gasteiger partial charge in [0.25, 0.3) is 0 Å². The van der Waals surface area contributed by atoms with E-state index < -0.39 is 5.60 Å². The van der Waals surface area contributed by atoms with Gasteiger partial charge < -0.3 is 15.3 Å². The summed E-state index contributed by atoms with van der Waals surface area (Å²) in [5.74, 6) is 0.931. The van der Waals surface area contributed by atoms with Gasteiger partial charge >= 0.3 is 0 Å². The SMILES string of the molecule is CN(CC(C)(C)O)c1nc2sccn2c1CNC(C)(C)C. The molecule has 0 unspecified atom stereocenters. The van der Waals surface area contributed by atoms with Gasteiger partial charge in [0.15, 0.2) is 10.8 Å². The number of nitrogens with one attached hydrogen (secondary N) is 1. The van der Waals surface area contributed by atoms with Gasteiger partial charge in [-0.3, -0.25) is 4.40 Å². The average Bonchev–Trinajstić information content (AvgIpc) is 2.82. The first kappa shape index (κ1) is 16.3. The number of likely N-dealkylation sites (N-methyl/N-ethyl adjacent to an activating group) is 1. The second-order valence-electron chi connectivity index (χ2n) is 7.21. The smallest absolute Gasteiger partial charge is 0.195 e. The minimum absolute atomic E-state index is 0.0479. The van der Waals surface area contributed by atoms with E-state index in [0.29, 0.717) is 6.54 Å². The molecule has 2 rings (SSSR count). The van der Waals surface area contributed by atoms with Gasteiger partial charge in [-0.05, 0) is 34.6 Å². The predicted octanol–water partition coefficient (Wildman–Crippen LogP) is 2.49. The van der Waals surface area contributed by atoms with E-state index in [2.05, 4.69) is 30.5 Å². The van der Waals surface area contributed by atoms with E-state index in [-0.39, 0.29) is 5.54 Å². The topological polar surface area (TPSA) is 52.8 Å². The normalized spacial score (nSPS) is 13.1. The molecule has 0 saturated carbocycles. The van der Waals surface area contributed by atoms with Crippen LogP contribution in [0.4, 0.5) is 5.82 Å². The summed E-state index contributed by atoms with van der Waals surface area (Å²) in [4.78, 5) is 7.73. The highest BCUT2D eigenvalue weighted by atomic mass is 32.1. The van der Waals surface area contributed by atoms with Gasteiger partial charge in [0, 0.05) is 37.3 Å². The average molecular weight is 310 g/mol. The largest absolute Gasteiger partial charge is 0.389 e. The Morgan fingerprint density at radius 2 is 2.00 bits per heavy atom. The van der Waals surface area contributed by atoms with Gasteiger partial charge in [0.1, 0.15) is 0 Å². The molecule has 21 heavy (non-hydrogen) atoms. The van der Waals surface area contributed by atoms with Crippen molar-refractivity contribution >= 4 is 22.1 Å². The molecular weight excluding hydrogens is 284 g/mol. The molecule has 6 heteroatoms. The Balaban J connectivity index is 2.31. The Labute approximate surface area is 130 Å². The highest BCUT2D eigenvalue weighted by Gasteiger charge is 2.22. The summed E-state index contributed by atoms with van der Waals surface area (Å²) in [7, 11) is 1.98. The first-order valence-corrected chi connectivity index (χ1v) is 8.08. The Morgan fingerprint density at radius 1 is 1.33 bits per heavy atom. The number of fused-ring (bicyclic) bond motifs is 1. The van der Waals surface area contributed by atoms with Crippen LogP contribution in [0, 0.1) is 0 Å². The van der Waals surface area contributed by atoms with Gasteiger partial charge in [0.05, 0.1) is 11.3 Å². The molecule has 0 bridgehead atoms. The van der Waals surface area contributed by atoms with Crippen LogP contribution in [0.5, 0.6) is 0 Å². The molecule has 2 N–H and O–H groups in total. The van der Waals surface area contributed by atoms with Gasteiger partial charge in [-0.15, -0.1) is 11.3 Å². The molecule has 0 aromatic carbocycles. The third-order valence-electron chi connectivity index (χ3n) is 3.11. The van der Waals surface area contributed by atoms with Crippen molar-refractivity contribution in [2.75, 3.05) is 18.5 Å². The summed E-state index contributed by atoms with van der Waals surface area (Å²) in [6.07, 6.45) is 2.05. The summed E-state index contributed by atoms with van der Waals surface area (Å²) < 4.78 is 2.12. The first-order valence-electron chi connectivity index (χ1n) is 7.20. The first-order chi connectivity index (χ1) is 9.57. The summed E-state index contributed by atoms with van der Waals surface area (Å²) in [6.45, 7) is 11.4. The van der Waals surface area contributed by atoms with Crippen molar-refractivity contribution in [2.24, 2.45) is 0 Å². The number of rotatable bonds is 5. The molecule has 118 valence electrons. The summed E-state index contributed by atoms with van der Waals surface area (Å²) in [6, 6.07) is 0. The number of hydrogen-bond acceptors (Lipinski definition) is 5. The summed E-state index contributed by atoms with van der Waals surface area (Å²) in [5.41, 5.74) is 0.431. The molecule has 0 spiro atoms. The number of anilines is 1. The second-order valence-corrected chi connectivity index (χ2v) is 8.08. The van der Waals surface area contributed by atoms with Gasteiger partial charge in [-0.2, -0.15) is 0 Å². The lowest BCUT2D eigenvalue weighted by molar-refractivity contribution is 0.0884. The van der Waals surface area contributed by atoms with Crippen LogP contribution in [0.3, 0.4) is 0 Å². The van der Waals surface area contributed by atoms with E-state index in [1.54, 1.807) is 11.3 Å². The Kier molecular flexibility index (Phi) is 4.33. The van der Waals surface area contributed by atoms with Crippen molar-refractivity contribution < 1.29 is 5.11 Å². The molecule has 0 aliphatic rings. The van der Waals surface area contributed by atoms with Crippen LogP contribution in [-0.2, 0) is 6.54 Å². The summed E-state index contributed by atoms with van der Waals surface area (Å²) >= 11 is 1.63. The number of nitrogens with zero attached hydrogens (tertiary/aromatic N) is 3. The predicted molar refractivity (Wildman–Crippen MR) is 89.2 cm³/mol. The van der Waals surface area contributed by atoms with Crippen LogP contribution in [0.25, 0.3) is 4.96 Å². The maximum atomic E-state index is 10.0. The molecular formula is C15H26N4OS. The lowest BCUT2D eigenvalue weighted by Crippen LogP contribution is -2.38. The fourth-order valence-electron chi connectivity index (χ4n) is 2.30. The molecule has 2 aromatic rings. The number of aliphatic hydroxyl groups is 1. The van der Waals surface area contributed by atoms with Crippen molar-refractivity contribution in [2.45, 2.75) is 52.3 Å². The van der Waals surface area contributed by atoms with E-state index in [1.807, 2.05) is 37.4 Å². The highest BCUT2D eigenvalue weighted by molar-refractivity contribution is 7.15. The molecule has 0 radical (unpaired) electrons. The molecule has 0 amide bonds. The minimum Gasteiger partial charge on any atom is -0.389 e. The second kappa shape index (κ2) is 5.59. The van der Waals surface area contributed by atoms with Crippen LogP contribution < -0.4 is 10.2 Å². The fraction of sp³-hybridized carbons (Fsp3) is 0.667. The highest BCUT2D eigenvalue weighted by Crippen LogP contribution is 2.25. The van der Waals surface area contributed by atoms with E-state index >= 15 is 0 Å². The Morgan fingerprint density at radius 3 is 2.57 bits per heavy atom. The van der Waals surface area contributed by atoms with Crippen molar-refractivity contribution in [3.8, 4) is 0 Å². The van der Waals surface area contributed by atoms with Crippen molar-refractivity contribution in [1.82, 2.24) is 14.7 Å². The zero-order chi connectivity index (χ0) is 15.8. The van der Waals surface area contributed by atoms with Crippen LogP contribution in [0.1, 0.15) is 40.3 Å². The standard InChI is InChI=1S/C15H26N4OS/c1-14(2,3)16-9-11-12(18(6)10-15(4,5)20)17-13-19(11)7-8-21-13/h7-8,16,20H,9-10H2,1-6H3. The molecule has 0 fully saturated rings. The lowest BCUT2D eigenvalue weighted by atomic mass is 10.1. The number of hydrogen-bond donors (Lipinski definition) is 2. The quantitative estimate of drug-likeness (QED) is 0.891. The van der Waals surface area contributed by atoms with Crippen molar-refractivity contribution in [3.05, 3.63) is 17.3 Å². The summed E-state index contributed by atoms with van der Waals surface area (Å²) in [5, 5.41) is 15.6.